The topological polar surface area (TPSA) is 50.4 Å². The summed E-state index contributed by atoms with van der Waals surface area (Å²) in [5, 5.41) is 5.95. The molecule has 0 aliphatic carbocycles. The molecule has 0 aliphatic rings. The molecule has 1 aromatic rings. The molecule has 2 N–H and O–H groups in total. The van der Waals surface area contributed by atoms with E-state index in [0.717, 1.165) is 30.8 Å². The number of carbonyl (C=O) groups excluding carboxylic acids is 1. The molecule has 0 bridgehead atoms. The molecule has 4 heteroatoms. The van der Waals surface area contributed by atoms with Crippen LogP contribution in [0.5, 0.6) is 5.75 Å². The Labute approximate surface area is 115 Å². The molecule has 0 radical (unpaired) electrons. The summed E-state index contributed by atoms with van der Waals surface area (Å²) in [6.07, 6.45) is 2.28. The lowest BCUT2D eigenvalue weighted by molar-refractivity contribution is -0.119. The van der Waals surface area contributed by atoms with Crippen molar-refractivity contribution in [1.82, 2.24) is 5.32 Å². The highest BCUT2D eigenvalue weighted by Crippen LogP contribution is 2.16. The van der Waals surface area contributed by atoms with E-state index in [1.54, 1.807) is 0 Å². The molecule has 1 amide bonds. The van der Waals surface area contributed by atoms with Gasteiger partial charge in [-0.2, -0.15) is 0 Å². The van der Waals surface area contributed by atoms with E-state index in [4.69, 9.17) is 4.74 Å². The predicted molar refractivity (Wildman–Crippen MR) is 78.6 cm³/mol. The number of rotatable bonds is 8. The van der Waals surface area contributed by atoms with Crippen LogP contribution < -0.4 is 15.4 Å². The molecule has 0 aliphatic heterocycles. The van der Waals surface area contributed by atoms with Gasteiger partial charge in [-0.25, -0.2) is 0 Å². The zero-order chi connectivity index (χ0) is 14.1. The Bertz CT molecular complexity index is 374. The standard InChI is InChI=1S/C15H24N2O2/c1-4-5-10-16-15(18)11-17-13-6-8-14(9-7-13)19-12(2)3/h6-9,12,17H,4-5,10-11H2,1-3H3,(H,16,18). The highest BCUT2D eigenvalue weighted by atomic mass is 16.5. The lowest BCUT2D eigenvalue weighted by Crippen LogP contribution is -2.30. The van der Waals surface area contributed by atoms with Crippen molar-refractivity contribution in [3.63, 3.8) is 0 Å². The minimum absolute atomic E-state index is 0.0240. The molecule has 0 atom stereocenters. The number of benzene rings is 1. The predicted octanol–water partition coefficient (Wildman–Crippen LogP) is 2.80. The molecular formula is C15H24N2O2. The van der Waals surface area contributed by atoms with Crippen LogP contribution in [0, 0.1) is 0 Å². The number of carbonyl (C=O) groups is 1. The Morgan fingerprint density at radius 3 is 2.53 bits per heavy atom. The van der Waals surface area contributed by atoms with Gasteiger partial charge in [0.1, 0.15) is 5.75 Å². The number of hydrogen-bond donors (Lipinski definition) is 2. The summed E-state index contributed by atoms with van der Waals surface area (Å²) in [5.74, 6) is 0.865. The maximum absolute atomic E-state index is 11.5. The molecule has 0 spiro atoms. The first-order chi connectivity index (χ1) is 9.11. The molecule has 106 valence electrons. The molecule has 1 aromatic carbocycles. The van der Waals surface area contributed by atoms with Crippen LogP contribution in [0.3, 0.4) is 0 Å². The second-order valence-electron chi connectivity index (χ2n) is 4.75. The van der Waals surface area contributed by atoms with Crippen molar-refractivity contribution in [2.75, 3.05) is 18.4 Å². The Morgan fingerprint density at radius 1 is 1.26 bits per heavy atom. The molecule has 19 heavy (non-hydrogen) atoms. The first-order valence-electron chi connectivity index (χ1n) is 6.89. The lowest BCUT2D eigenvalue weighted by atomic mass is 10.3. The van der Waals surface area contributed by atoms with Crippen LogP contribution in [0.2, 0.25) is 0 Å². The van der Waals surface area contributed by atoms with Gasteiger partial charge in [-0.05, 0) is 44.5 Å². The van der Waals surface area contributed by atoms with Crippen molar-refractivity contribution in [3.8, 4) is 5.75 Å². The molecule has 0 saturated heterocycles. The lowest BCUT2D eigenvalue weighted by Gasteiger charge is -2.11. The first-order valence-corrected chi connectivity index (χ1v) is 6.89. The van der Waals surface area contributed by atoms with Crippen molar-refractivity contribution < 1.29 is 9.53 Å². The summed E-state index contributed by atoms with van der Waals surface area (Å²) < 4.78 is 5.55. The summed E-state index contributed by atoms with van der Waals surface area (Å²) in [5.41, 5.74) is 0.918. The maximum atomic E-state index is 11.5. The maximum Gasteiger partial charge on any atom is 0.239 e. The van der Waals surface area contributed by atoms with Gasteiger partial charge in [0.05, 0.1) is 12.6 Å². The van der Waals surface area contributed by atoms with E-state index in [0.29, 0.717) is 6.54 Å². The van der Waals surface area contributed by atoms with E-state index in [1.165, 1.54) is 0 Å². The second kappa shape index (κ2) is 8.40. The molecule has 1 rings (SSSR count). The quantitative estimate of drug-likeness (QED) is 0.710. The minimum atomic E-state index is 0.0240. The number of nitrogens with one attached hydrogen (secondary N) is 2. The zero-order valence-electron chi connectivity index (χ0n) is 12.0. The van der Waals surface area contributed by atoms with Crippen LogP contribution in [0.25, 0.3) is 0 Å². The Morgan fingerprint density at radius 2 is 1.95 bits per heavy atom. The van der Waals surface area contributed by atoms with Crippen molar-refractivity contribution >= 4 is 11.6 Å². The average molecular weight is 264 g/mol. The van der Waals surface area contributed by atoms with Gasteiger partial charge in [-0.15, -0.1) is 0 Å². The fourth-order valence-electron chi connectivity index (χ4n) is 1.57. The van der Waals surface area contributed by atoms with E-state index >= 15 is 0 Å². The summed E-state index contributed by atoms with van der Waals surface area (Å²) in [6, 6.07) is 7.63. The van der Waals surface area contributed by atoms with Gasteiger partial charge in [0.2, 0.25) is 5.91 Å². The van der Waals surface area contributed by atoms with Crippen molar-refractivity contribution in [1.29, 1.82) is 0 Å². The molecule has 0 saturated carbocycles. The highest BCUT2D eigenvalue weighted by Gasteiger charge is 2.01. The molecule has 0 fully saturated rings. The Balaban J connectivity index is 2.31. The number of unbranched alkanes of at least 4 members (excludes halogenated alkanes) is 1. The SMILES string of the molecule is CCCCNC(=O)CNc1ccc(OC(C)C)cc1. The van der Waals surface area contributed by atoms with E-state index in [9.17, 15) is 4.79 Å². The molecular weight excluding hydrogens is 240 g/mol. The molecule has 0 heterocycles. The van der Waals surface area contributed by atoms with E-state index in [1.807, 2.05) is 38.1 Å². The van der Waals surface area contributed by atoms with Gasteiger partial charge in [-0.1, -0.05) is 13.3 Å². The summed E-state index contributed by atoms with van der Waals surface area (Å²) in [4.78, 5) is 11.5. The molecule has 4 nitrogen and oxygen atoms in total. The summed E-state index contributed by atoms with van der Waals surface area (Å²) >= 11 is 0. The van der Waals surface area contributed by atoms with Crippen LogP contribution in [0.1, 0.15) is 33.6 Å². The number of anilines is 1. The third-order valence-electron chi connectivity index (χ3n) is 2.53. The third kappa shape index (κ3) is 6.70. The number of ether oxygens (including phenoxy) is 1. The average Bonchev–Trinajstić information content (AvgIpc) is 2.37. The van der Waals surface area contributed by atoms with Gasteiger partial charge < -0.3 is 15.4 Å². The zero-order valence-corrected chi connectivity index (χ0v) is 12.0. The van der Waals surface area contributed by atoms with Gasteiger partial charge in [0.25, 0.3) is 0 Å². The minimum Gasteiger partial charge on any atom is -0.491 e. The van der Waals surface area contributed by atoms with Gasteiger partial charge in [-0.3, -0.25) is 4.79 Å². The number of amides is 1. The first kappa shape index (κ1) is 15.3. The van der Waals surface area contributed by atoms with E-state index < -0.39 is 0 Å². The molecule has 0 aromatic heterocycles. The fraction of sp³-hybridized carbons (Fsp3) is 0.533. The van der Waals surface area contributed by atoms with E-state index in [2.05, 4.69) is 17.6 Å². The molecule has 0 unspecified atom stereocenters. The third-order valence-corrected chi connectivity index (χ3v) is 2.53. The van der Waals surface area contributed by atoms with Crippen LogP contribution in [-0.2, 0) is 4.79 Å². The van der Waals surface area contributed by atoms with E-state index in [-0.39, 0.29) is 12.0 Å². The van der Waals surface area contributed by atoms with Gasteiger partial charge in [0.15, 0.2) is 0 Å². The number of hydrogen-bond acceptors (Lipinski definition) is 3. The summed E-state index contributed by atoms with van der Waals surface area (Å²) in [6.45, 7) is 7.14. The Kier molecular flexibility index (Phi) is 6.79. The van der Waals surface area contributed by atoms with Crippen LogP contribution in [-0.4, -0.2) is 25.1 Å². The van der Waals surface area contributed by atoms with Gasteiger partial charge in [0, 0.05) is 12.2 Å². The van der Waals surface area contributed by atoms with Crippen LogP contribution in [0.15, 0.2) is 24.3 Å². The smallest absolute Gasteiger partial charge is 0.239 e. The second-order valence-corrected chi connectivity index (χ2v) is 4.75. The van der Waals surface area contributed by atoms with Crippen molar-refractivity contribution in [2.24, 2.45) is 0 Å². The Hall–Kier alpha value is -1.71. The van der Waals surface area contributed by atoms with Crippen molar-refractivity contribution in [2.45, 2.75) is 39.7 Å². The monoisotopic (exact) mass is 264 g/mol. The fourth-order valence-corrected chi connectivity index (χ4v) is 1.57. The summed E-state index contributed by atoms with van der Waals surface area (Å²) in [7, 11) is 0. The largest absolute Gasteiger partial charge is 0.491 e. The van der Waals surface area contributed by atoms with Gasteiger partial charge >= 0.3 is 0 Å². The highest BCUT2D eigenvalue weighted by molar-refractivity contribution is 5.80. The van der Waals surface area contributed by atoms with Crippen molar-refractivity contribution in [3.05, 3.63) is 24.3 Å². The van der Waals surface area contributed by atoms with Crippen LogP contribution >= 0.6 is 0 Å². The van der Waals surface area contributed by atoms with Crippen LogP contribution in [0.4, 0.5) is 5.69 Å². The normalized spacial score (nSPS) is 10.3.